The van der Waals surface area contributed by atoms with Crippen LogP contribution in [-0.4, -0.2) is 35.1 Å². The van der Waals surface area contributed by atoms with Crippen LogP contribution in [0.1, 0.15) is 33.4 Å². The molecule has 0 aromatic carbocycles. The first-order valence-corrected chi connectivity index (χ1v) is 6.40. The molecule has 0 aliphatic rings. The van der Waals surface area contributed by atoms with Crippen LogP contribution in [0, 0.1) is 11.3 Å². The van der Waals surface area contributed by atoms with Crippen LogP contribution >= 0.6 is 0 Å². The first-order chi connectivity index (χ1) is 8.54. The third-order valence-electron chi connectivity index (χ3n) is 2.90. The molecule has 0 radical (unpaired) electrons. The Bertz CT molecular complexity index is 381. The molecule has 1 N–H and O–H groups in total. The van der Waals surface area contributed by atoms with Gasteiger partial charge in [-0.3, -0.25) is 4.90 Å². The highest BCUT2D eigenvalue weighted by Gasteiger charge is 2.12. The van der Waals surface area contributed by atoms with Gasteiger partial charge in [-0.2, -0.15) is 5.26 Å². The van der Waals surface area contributed by atoms with Crippen molar-refractivity contribution in [1.29, 1.82) is 5.26 Å². The molecule has 0 spiro atoms. The van der Waals surface area contributed by atoms with Gasteiger partial charge in [0, 0.05) is 25.2 Å². The number of nitrogens with zero attached hydrogens (tertiary/aromatic N) is 3. The number of hydrogen-bond acceptors (Lipinski definition) is 4. The normalized spacial score (nSPS) is 11.0. The van der Waals surface area contributed by atoms with Gasteiger partial charge in [0.2, 0.25) is 0 Å². The van der Waals surface area contributed by atoms with Crippen molar-refractivity contribution in [2.75, 3.05) is 18.4 Å². The minimum Gasteiger partial charge on any atom is -0.383 e. The van der Waals surface area contributed by atoms with E-state index in [1.54, 1.807) is 12.3 Å². The van der Waals surface area contributed by atoms with Crippen molar-refractivity contribution in [3.05, 3.63) is 24.0 Å². The maximum absolute atomic E-state index is 8.66. The van der Waals surface area contributed by atoms with Crippen LogP contribution in [0.25, 0.3) is 0 Å². The topological polar surface area (TPSA) is 52.0 Å². The number of rotatable bonds is 6. The number of anilines is 1. The van der Waals surface area contributed by atoms with Crippen LogP contribution in [-0.2, 0) is 0 Å². The fourth-order valence-corrected chi connectivity index (χ4v) is 2.01. The second-order valence-electron chi connectivity index (χ2n) is 4.90. The van der Waals surface area contributed by atoms with Crippen LogP contribution in [0.3, 0.4) is 0 Å². The third-order valence-corrected chi connectivity index (χ3v) is 2.90. The summed E-state index contributed by atoms with van der Waals surface area (Å²) in [5.41, 5.74) is 1.41. The largest absolute Gasteiger partial charge is 0.383 e. The standard InChI is InChI=1S/C14H22N4/c1-11(2)18(12(3)4)8-7-16-14-6-5-13(9-15)17-10-14/h5-6,10-12,16H,7-8H2,1-4H3. The molecule has 0 unspecified atom stereocenters. The van der Waals surface area contributed by atoms with E-state index in [0.717, 1.165) is 18.8 Å². The summed E-state index contributed by atoms with van der Waals surface area (Å²) in [6.07, 6.45) is 1.70. The van der Waals surface area contributed by atoms with Crippen molar-refractivity contribution in [3.63, 3.8) is 0 Å². The lowest BCUT2D eigenvalue weighted by Crippen LogP contribution is -2.40. The Labute approximate surface area is 110 Å². The molecule has 98 valence electrons. The number of nitrogens with one attached hydrogen (secondary N) is 1. The van der Waals surface area contributed by atoms with E-state index in [1.807, 2.05) is 12.1 Å². The monoisotopic (exact) mass is 246 g/mol. The van der Waals surface area contributed by atoms with E-state index in [9.17, 15) is 0 Å². The summed E-state index contributed by atoms with van der Waals surface area (Å²) in [6.45, 7) is 10.7. The van der Waals surface area contributed by atoms with Gasteiger partial charge in [-0.25, -0.2) is 4.98 Å². The maximum Gasteiger partial charge on any atom is 0.140 e. The van der Waals surface area contributed by atoms with Crippen molar-refractivity contribution in [3.8, 4) is 6.07 Å². The Kier molecular flexibility index (Phi) is 5.60. The number of nitriles is 1. The van der Waals surface area contributed by atoms with Crippen LogP contribution in [0.4, 0.5) is 5.69 Å². The quantitative estimate of drug-likeness (QED) is 0.838. The zero-order chi connectivity index (χ0) is 13.5. The van der Waals surface area contributed by atoms with E-state index in [4.69, 9.17) is 5.26 Å². The predicted molar refractivity (Wildman–Crippen MR) is 74.4 cm³/mol. The van der Waals surface area contributed by atoms with E-state index < -0.39 is 0 Å². The second kappa shape index (κ2) is 6.97. The lowest BCUT2D eigenvalue weighted by molar-refractivity contribution is 0.182. The lowest BCUT2D eigenvalue weighted by atomic mass is 10.2. The number of pyridine rings is 1. The molecule has 1 aromatic heterocycles. The Balaban J connectivity index is 2.43. The summed E-state index contributed by atoms with van der Waals surface area (Å²) in [5, 5.41) is 12.0. The van der Waals surface area contributed by atoms with Gasteiger partial charge < -0.3 is 5.32 Å². The minimum atomic E-state index is 0.450. The number of hydrogen-bond donors (Lipinski definition) is 1. The SMILES string of the molecule is CC(C)N(CCNc1ccc(C#N)nc1)C(C)C. The van der Waals surface area contributed by atoms with Gasteiger partial charge >= 0.3 is 0 Å². The molecule has 1 heterocycles. The molecule has 4 heteroatoms. The fraction of sp³-hybridized carbons (Fsp3) is 0.571. The van der Waals surface area contributed by atoms with Crippen molar-refractivity contribution in [2.24, 2.45) is 0 Å². The highest BCUT2D eigenvalue weighted by atomic mass is 15.2. The van der Waals surface area contributed by atoms with Gasteiger partial charge in [-0.05, 0) is 39.8 Å². The molecule has 0 aliphatic heterocycles. The molecule has 0 atom stereocenters. The molecule has 0 fully saturated rings. The van der Waals surface area contributed by atoms with E-state index in [2.05, 4.69) is 42.9 Å². The van der Waals surface area contributed by atoms with E-state index in [-0.39, 0.29) is 0 Å². The summed E-state index contributed by atoms with van der Waals surface area (Å²) in [5.74, 6) is 0. The van der Waals surface area contributed by atoms with Crippen LogP contribution in [0.2, 0.25) is 0 Å². The second-order valence-corrected chi connectivity index (χ2v) is 4.90. The van der Waals surface area contributed by atoms with E-state index >= 15 is 0 Å². The van der Waals surface area contributed by atoms with Gasteiger partial charge in [0.1, 0.15) is 11.8 Å². The molecule has 0 bridgehead atoms. The lowest BCUT2D eigenvalue weighted by Gasteiger charge is -2.30. The summed E-state index contributed by atoms with van der Waals surface area (Å²) < 4.78 is 0. The average molecular weight is 246 g/mol. The zero-order valence-corrected chi connectivity index (χ0v) is 11.6. The first-order valence-electron chi connectivity index (χ1n) is 6.40. The molecule has 0 saturated carbocycles. The number of aromatic nitrogens is 1. The molecular weight excluding hydrogens is 224 g/mol. The fourth-order valence-electron chi connectivity index (χ4n) is 2.01. The first kappa shape index (κ1) is 14.5. The molecule has 1 aromatic rings. The van der Waals surface area contributed by atoms with Crippen LogP contribution in [0.5, 0.6) is 0 Å². The Morgan fingerprint density at radius 2 is 1.94 bits per heavy atom. The molecule has 0 aliphatic carbocycles. The molecule has 0 saturated heterocycles. The average Bonchev–Trinajstić information content (AvgIpc) is 2.34. The maximum atomic E-state index is 8.66. The summed E-state index contributed by atoms with van der Waals surface area (Å²) >= 11 is 0. The smallest absolute Gasteiger partial charge is 0.140 e. The molecular formula is C14H22N4. The van der Waals surface area contributed by atoms with Gasteiger partial charge in [0.25, 0.3) is 0 Å². The van der Waals surface area contributed by atoms with Crippen molar-refractivity contribution >= 4 is 5.69 Å². The summed E-state index contributed by atoms with van der Waals surface area (Å²) in [7, 11) is 0. The minimum absolute atomic E-state index is 0.450. The van der Waals surface area contributed by atoms with Gasteiger partial charge in [-0.15, -0.1) is 0 Å². The van der Waals surface area contributed by atoms with Crippen molar-refractivity contribution < 1.29 is 0 Å². The van der Waals surface area contributed by atoms with Gasteiger partial charge in [0.05, 0.1) is 11.9 Å². The van der Waals surface area contributed by atoms with Crippen molar-refractivity contribution in [2.45, 2.75) is 39.8 Å². The Morgan fingerprint density at radius 3 is 2.39 bits per heavy atom. The van der Waals surface area contributed by atoms with Crippen LogP contribution in [0.15, 0.2) is 18.3 Å². The van der Waals surface area contributed by atoms with Gasteiger partial charge in [0.15, 0.2) is 0 Å². The molecule has 4 nitrogen and oxygen atoms in total. The Hall–Kier alpha value is -1.60. The molecule has 18 heavy (non-hydrogen) atoms. The third kappa shape index (κ3) is 4.34. The zero-order valence-electron chi connectivity index (χ0n) is 11.6. The Morgan fingerprint density at radius 1 is 1.28 bits per heavy atom. The molecule has 1 rings (SSSR count). The van der Waals surface area contributed by atoms with E-state index in [1.165, 1.54) is 0 Å². The summed E-state index contributed by atoms with van der Waals surface area (Å²) in [4.78, 5) is 6.46. The summed E-state index contributed by atoms with van der Waals surface area (Å²) in [6, 6.07) is 6.72. The predicted octanol–water partition coefficient (Wildman–Crippen LogP) is 2.48. The van der Waals surface area contributed by atoms with Gasteiger partial charge in [-0.1, -0.05) is 0 Å². The highest BCUT2D eigenvalue weighted by molar-refractivity contribution is 5.42. The molecule has 0 amide bonds. The van der Waals surface area contributed by atoms with Crippen LogP contribution < -0.4 is 5.32 Å². The van der Waals surface area contributed by atoms with Crippen molar-refractivity contribution in [1.82, 2.24) is 9.88 Å². The highest BCUT2D eigenvalue weighted by Crippen LogP contribution is 2.07. The van der Waals surface area contributed by atoms with E-state index in [0.29, 0.717) is 17.8 Å².